The van der Waals surface area contributed by atoms with Gasteiger partial charge in [0, 0.05) is 37.9 Å². The molecule has 1 amide bonds. The van der Waals surface area contributed by atoms with Gasteiger partial charge in [0.05, 0.1) is 6.54 Å². The molecule has 170 valence electrons. The van der Waals surface area contributed by atoms with Crippen LogP contribution in [-0.2, 0) is 0 Å². The summed E-state index contributed by atoms with van der Waals surface area (Å²) in [5, 5.41) is 3.19. The fourth-order valence-corrected chi connectivity index (χ4v) is 5.49. The van der Waals surface area contributed by atoms with E-state index in [2.05, 4.69) is 95.7 Å². The predicted molar refractivity (Wildman–Crippen MR) is 136 cm³/mol. The smallest absolute Gasteiger partial charge is 0.261 e. The monoisotopic (exact) mass is 441 g/mol. The van der Waals surface area contributed by atoms with Gasteiger partial charge in [-0.2, -0.15) is 0 Å². The van der Waals surface area contributed by atoms with Crippen molar-refractivity contribution in [3.8, 4) is 0 Å². The maximum atomic E-state index is 12.7. The van der Waals surface area contributed by atoms with Crippen LogP contribution >= 0.6 is 0 Å². The lowest BCUT2D eigenvalue weighted by atomic mass is 10.0. The number of nitrogens with zero attached hydrogens (tertiary/aromatic N) is 3. The standard InChI is InChI=1S/C28H32N4O/c1-22-9-8-10-24(19-22)31-17-15-30(16-18-31)20-23(2)32(25-11-4-3-5-12-25)21-29-28(33)26-13-6-7-14-27(26)32/h3-14,19,23H,15-18,20-21H2,1-2H3/p+1. The van der Waals surface area contributed by atoms with Crippen LogP contribution in [0.3, 0.4) is 0 Å². The summed E-state index contributed by atoms with van der Waals surface area (Å²) in [4.78, 5) is 17.7. The van der Waals surface area contributed by atoms with Crippen molar-refractivity contribution in [3.63, 3.8) is 0 Å². The quantitative estimate of drug-likeness (QED) is 0.590. The molecule has 2 unspecified atom stereocenters. The second kappa shape index (κ2) is 9.00. The largest absolute Gasteiger partial charge is 0.369 e. The van der Waals surface area contributed by atoms with Gasteiger partial charge in [0.25, 0.3) is 5.91 Å². The van der Waals surface area contributed by atoms with Crippen LogP contribution in [0.5, 0.6) is 0 Å². The van der Waals surface area contributed by atoms with E-state index < -0.39 is 0 Å². The molecule has 0 saturated carbocycles. The van der Waals surface area contributed by atoms with Gasteiger partial charge in [-0.15, -0.1) is 0 Å². The van der Waals surface area contributed by atoms with Crippen LogP contribution in [0.4, 0.5) is 17.1 Å². The molecule has 5 heteroatoms. The second-order valence-corrected chi connectivity index (χ2v) is 9.36. The zero-order valence-electron chi connectivity index (χ0n) is 19.6. The minimum Gasteiger partial charge on any atom is -0.369 e. The molecule has 0 spiro atoms. The van der Waals surface area contributed by atoms with Crippen LogP contribution in [0, 0.1) is 6.92 Å². The Balaban J connectivity index is 1.39. The van der Waals surface area contributed by atoms with Crippen molar-refractivity contribution in [2.24, 2.45) is 0 Å². The van der Waals surface area contributed by atoms with E-state index in [0.717, 1.165) is 44.0 Å². The lowest BCUT2D eigenvalue weighted by Crippen LogP contribution is -2.63. The lowest BCUT2D eigenvalue weighted by molar-refractivity contribution is 0.0893. The number of rotatable bonds is 5. The van der Waals surface area contributed by atoms with Crippen molar-refractivity contribution in [3.05, 3.63) is 90.0 Å². The Morgan fingerprint density at radius 1 is 0.909 bits per heavy atom. The fraction of sp³-hybridized carbons (Fsp3) is 0.321. The van der Waals surface area contributed by atoms with E-state index >= 15 is 0 Å². The van der Waals surface area contributed by atoms with Crippen LogP contribution < -0.4 is 14.7 Å². The van der Waals surface area contributed by atoms with Crippen LogP contribution in [0.1, 0.15) is 22.8 Å². The molecule has 3 aromatic rings. The van der Waals surface area contributed by atoms with Gasteiger partial charge in [-0.25, -0.2) is 4.48 Å². The number of carbonyl (C=O) groups excluding carboxylic acids is 1. The molecule has 1 saturated heterocycles. The van der Waals surface area contributed by atoms with E-state index in [4.69, 9.17) is 0 Å². The highest BCUT2D eigenvalue weighted by atomic mass is 16.2. The molecule has 2 heterocycles. The van der Waals surface area contributed by atoms with Crippen LogP contribution in [0.15, 0.2) is 78.9 Å². The Kier molecular flexibility index (Phi) is 5.92. The molecular weight excluding hydrogens is 408 g/mol. The predicted octanol–water partition coefficient (Wildman–Crippen LogP) is 4.55. The number of amides is 1. The number of hydrogen-bond donors (Lipinski definition) is 1. The average Bonchev–Trinajstić information content (AvgIpc) is 2.86. The van der Waals surface area contributed by atoms with E-state index in [1.807, 2.05) is 12.1 Å². The molecule has 1 N–H and O–H groups in total. The lowest BCUT2D eigenvalue weighted by Gasteiger charge is -2.47. The number of quaternary nitrogens is 1. The molecular formula is C28H33N4O+. The van der Waals surface area contributed by atoms with Crippen LogP contribution in [0.25, 0.3) is 0 Å². The van der Waals surface area contributed by atoms with Gasteiger partial charge < -0.3 is 10.2 Å². The fourth-order valence-electron chi connectivity index (χ4n) is 5.49. The van der Waals surface area contributed by atoms with Crippen molar-refractivity contribution in [2.45, 2.75) is 19.9 Å². The summed E-state index contributed by atoms with van der Waals surface area (Å²) >= 11 is 0. The Labute approximate surface area is 196 Å². The summed E-state index contributed by atoms with van der Waals surface area (Å²) in [5.74, 6) is 0.0225. The normalized spacial score (nSPS) is 21.9. The van der Waals surface area contributed by atoms with Crippen molar-refractivity contribution >= 4 is 23.0 Å². The van der Waals surface area contributed by atoms with E-state index in [1.165, 1.54) is 16.9 Å². The molecule has 0 aromatic heterocycles. The van der Waals surface area contributed by atoms with Crippen molar-refractivity contribution in [1.82, 2.24) is 14.7 Å². The summed E-state index contributed by atoms with van der Waals surface area (Å²) in [6.07, 6.45) is 0. The van der Waals surface area contributed by atoms with Crippen molar-refractivity contribution < 1.29 is 4.79 Å². The van der Waals surface area contributed by atoms with Gasteiger partial charge in [0.15, 0.2) is 12.4 Å². The minimum atomic E-state index is 0.0225. The zero-order valence-corrected chi connectivity index (χ0v) is 19.6. The highest BCUT2D eigenvalue weighted by Crippen LogP contribution is 2.41. The molecule has 1 fully saturated rings. The van der Waals surface area contributed by atoms with Gasteiger partial charge in [-0.3, -0.25) is 9.69 Å². The molecule has 5 rings (SSSR count). The van der Waals surface area contributed by atoms with Gasteiger partial charge in [0.1, 0.15) is 17.3 Å². The number of nitrogens with one attached hydrogen (secondary N) is 1. The first-order chi connectivity index (χ1) is 16.1. The summed E-state index contributed by atoms with van der Waals surface area (Å²) in [7, 11) is 0. The zero-order chi connectivity index (χ0) is 22.8. The second-order valence-electron chi connectivity index (χ2n) is 9.36. The average molecular weight is 442 g/mol. The Morgan fingerprint density at radius 2 is 1.64 bits per heavy atom. The van der Waals surface area contributed by atoms with E-state index in [-0.39, 0.29) is 11.9 Å². The van der Waals surface area contributed by atoms with Crippen LogP contribution in [-0.4, -0.2) is 56.2 Å². The van der Waals surface area contributed by atoms with E-state index in [1.54, 1.807) is 0 Å². The van der Waals surface area contributed by atoms with Crippen LogP contribution in [0.2, 0.25) is 0 Å². The highest BCUT2D eigenvalue weighted by molar-refractivity contribution is 6.01. The van der Waals surface area contributed by atoms with E-state index in [0.29, 0.717) is 11.2 Å². The van der Waals surface area contributed by atoms with Crippen molar-refractivity contribution in [1.29, 1.82) is 0 Å². The Bertz CT molecular complexity index is 1120. The van der Waals surface area contributed by atoms with Gasteiger partial charge >= 0.3 is 0 Å². The summed E-state index contributed by atoms with van der Waals surface area (Å²) in [5.41, 5.74) is 5.73. The summed E-state index contributed by atoms with van der Waals surface area (Å²) < 4.78 is 0.640. The molecule has 5 nitrogen and oxygen atoms in total. The van der Waals surface area contributed by atoms with Crippen molar-refractivity contribution in [2.75, 3.05) is 44.3 Å². The van der Waals surface area contributed by atoms with Gasteiger partial charge in [-0.1, -0.05) is 42.5 Å². The third kappa shape index (κ3) is 4.03. The highest BCUT2D eigenvalue weighted by Gasteiger charge is 2.45. The molecule has 0 aliphatic carbocycles. The Hall–Kier alpha value is -3.15. The van der Waals surface area contributed by atoms with E-state index in [9.17, 15) is 4.79 Å². The molecule has 0 bridgehead atoms. The Morgan fingerprint density at radius 3 is 2.39 bits per heavy atom. The molecule has 33 heavy (non-hydrogen) atoms. The third-order valence-corrected chi connectivity index (χ3v) is 7.30. The number of carbonyl (C=O) groups is 1. The number of benzene rings is 3. The first-order valence-electron chi connectivity index (χ1n) is 11.9. The van der Waals surface area contributed by atoms with Gasteiger partial charge in [0.2, 0.25) is 0 Å². The molecule has 2 atom stereocenters. The number of piperazine rings is 1. The molecule has 2 aliphatic heterocycles. The first kappa shape index (κ1) is 21.7. The summed E-state index contributed by atoms with van der Waals surface area (Å²) in [6.45, 7) is 10.2. The third-order valence-electron chi connectivity index (χ3n) is 7.30. The molecule has 0 radical (unpaired) electrons. The number of anilines is 1. The maximum absolute atomic E-state index is 12.7. The number of aryl methyl sites for hydroxylation is 1. The SMILES string of the molecule is Cc1cccc(N2CCN(CC(C)[N+]3(c4ccccc4)CNC(=O)c4ccccc43)CC2)c1. The summed E-state index contributed by atoms with van der Waals surface area (Å²) in [6, 6.07) is 27.8. The number of hydrogen-bond acceptors (Lipinski definition) is 3. The maximum Gasteiger partial charge on any atom is 0.261 e. The minimum absolute atomic E-state index is 0.0225. The number of para-hydroxylation sites is 2. The molecule has 2 aliphatic rings. The molecule has 3 aromatic carbocycles. The topological polar surface area (TPSA) is 35.6 Å². The van der Waals surface area contributed by atoms with Gasteiger partial charge in [-0.05, 0) is 49.7 Å². The first-order valence-corrected chi connectivity index (χ1v) is 11.9. The number of fused-ring (bicyclic) bond motifs is 1.